The lowest BCUT2D eigenvalue weighted by atomic mass is 10.2. The summed E-state index contributed by atoms with van der Waals surface area (Å²) in [6.45, 7) is 9.02. The normalized spacial score (nSPS) is 13.7. The molecule has 14 heavy (non-hydrogen) atoms. The Labute approximate surface area is 89.9 Å². The van der Waals surface area contributed by atoms with Crippen LogP contribution in [-0.2, 0) is 0 Å². The lowest BCUT2D eigenvalue weighted by Gasteiger charge is -2.12. The number of hydrogen-bond acceptors (Lipinski definition) is 0. The van der Waals surface area contributed by atoms with Gasteiger partial charge in [0.2, 0.25) is 0 Å². The zero-order valence-corrected chi connectivity index (χ0v) is 10.7. The summed E-state index contributed by atoms with van der Waals surface area (Å²) < 4.78 is 0. The van der Waals surface area contributed by atoms with E-state index < -0.39 is 0 Å². The van der Waals surface area contributed by atoms with Crippen molar-refractivity contribution in [2.45, 2.75) is 46.2 Å². The smallest absolute Gasteiger partial charge is 0.0225 e. The largest absolute Gasteiger partial charge is 0.0872 e. The Morgan fingerprint density at radius 2 is 2.00 bits per heavy atom. The minimum absolute atomic E-state index is 0.849. The first kappa shape index (κ1) is 11.7. The van der Waals surface area contributed by atoms with Crippen LogP contribution in [0.3, 0.4) is 0 Å². The first-order valence-corrected chi connectivity index (χ1v) is 6.55. The van der Waals surface area contributed by atoms with Crippen LogP contribution < -0.4 is 5.30 Å². The molecular weight excluding hydrogens is 187 g/mol. The van der Waals surface area contributed by atoms with E-state index in [9.17, 15) is 0 Å². The molecule has 0 aliphatic rings. The molecular formula is C13H21P. The SMILES string of the molecule is CCCC(C)Pc1ccc(C)cc1C. The van der Waals surface area contributed by atoms with Crippen molar-refractivity contribution in [2.75, 3.05) is 0 Å². The van der Waals surface area contributed by atoms with Gasteiger partial charge in [-0.15, -0.1) is 0 Å². The second-order valence-corrected chi connectivity index (χ2v) is 5.97. The third-order valence-corrected chi connectivity index (χ3v) is 4.16. The average molecular weight is 208 g/mol. The van der Waals surface area contributed by atoms with Gasteiger partial charge >= 0.3 is 0 Å². The number of rotatable bonds is 4. The van der Waals surface area contributed by atoms with E-state index in [0.29, 0.717) is 0 Å². The van der Waals surface area contributed by atoms with Crippen molar-refractivity contribution in [1.82, 2.24) is 0 Å². The predicted molar refractivity (Wildman–Crippen MR) is 68.2 cm³/mol. The maximum Gasteiger partial charge on any atom is -0.0225 e. The molecule has 1 aromatic carbocycles. The zero-order chi connectivity index (χ0) is 10.6. The molecule has 2 atom stereocenters. The summed E-state index contributed by atoms with van der Waals surface area (Å²) in [5.74, 6) is 0. The fourth-order valence-corrected chi connectivity index (χ4v) is 3.19. The zero-order valence-electron chi connectivity index (χ0n) is 9.72. The van der Waals surface area contributed by atoms with E-state index >= 15 is 0 Å². The monoisotopic (exact) mass is 208 g/mol. The second-order valence-electron chi connectivity index (χ2n) is 4.15. The van der Waals surface area contributed by atoms with Gasteiger partial charge in [0.15, 0.2) is 0 Å². The van der Waals surface area contributed by atoms with Gasteiger partial charge in [-0.3, -0.25) is 0 Å². The highest BCUT2D eigenvalue weighted by Crippen LogP contribution is 2.23. The van der Waals surface area contributed by atoms with Gasteiger partial charge < -0.3 is 0 Å². The van der Waals surface area contributed by atoms with Crippen LogP contribution in [0.1, 0.15) is 37.8 Å². The summed E-state index contributed by atoms with van der Waals surface area (Å²) in [7, 11) is 0.980. The Morgan fingerprint density at radius 3 is 2.57 bits per heavy atom. The van der Waals surface area contributed by atoms with E-state index in [4.69, 9.17) is 0 Å². The van der Waals surface area contributed by atoms with Crippen LogP contribution in [0, 0.1) is 13.8 Å². The summed E-state index contributed by atoms with van der Waals surface area (Å²) in [6.07, 6.45) is 2.66. The maximum absolute atomic E-state index is 2.36. The molecule has 0 amide bonds. The Bertz CT molecular complexity index is 291. The molecule has 1 rings (SSSR count). The lowest BCUT2D eigenvalue weighted by molar-refractivity contribution is 0.785. The third kappa shape index (κ3) is 3.42. The quantitative estimate of drug-likeness (QED) is 0.660. The van der Waals surface area contributed by atoms with E-state index in [1.54, 1.807) is 5.30 Å². The third-order valence-electron chi connectivity index (χ3n) is 2.51. The Hall–Kier alpha value is -0.350. The fraction of sp³-hybridized carbons (Fsp3) is 0.538. The van der Waals surface area contributed by atoms with Crippen LogP contribution in [0.15, 0.2) is 18.2 Å². The van der Waals surface area contributed by atoms with Gasteiger partial charge in [-0.2, -0.15) is 0 Å². The second kappa shape index (κ2) is 5.51. The highest BCUT2D eigenvalue weighted by molar-refractivity contribution is 7.48. The van der Waals surface area contributed by atoms with Crippen molar-refractivity contribution in [2.24, 2.45) is 0 Å². The molecule has 2 unspecified atom stereocenters. The van der Waals surface area contributed by atoms with E-state index in [-0.39, 0.29) is 0 Å². The summed E-state index contributed by atoms with van der Waals surface area (Å²) in [4.78, 5) is 0. The fourth-order valence-electron chi connectivity index (χ4n) is 1.75. The lowest BCUT2D eigenvalue weighted by Crippen LogP contribution is -2.06. The van der Waals surface area contributed by atoms with Gasteiger partial charge in [-0.05, 0) is 36.8 Å². The van der Waals surface area contributed by atoms with Gasteiger partial charge in [-0.25, -0.2) is 0 Å². The Kier molecular flexibility index (Phi) is 4.62. The van der Waals surface area contributed by atoms with Crippen molar-refractivity contribution < 1.29 is 0 Å². The minimum Gasteiger partial charge on any atom is -0.0872 e. The number of hydrogen-bond donors (Lipinski definition) is 0. The Morgan fingerprint density at radius 1 is 1.29 bits per heavy atom. The standard InChI is InChI=1S/C13H21P/c1-5-6-12(4)14-13-8-7-10(2)9-11(13)3/h7-9,12,14H,5-6H2,1-4H3. The summed E-state index contributed by atoms with van der Waals surface area (Å²) in [5.41, 5.74) is 3.69. The molecule has 0 heterocycles. The van der Waals surface area contributed by atoms with Crippen molar-refractivity contribution in [3.05, 3.63) is 29.3 Å². The van der Waals surface area contributed by atoms with Crippen LogP contribution in [0.25, 0.3) is 0 Å². The summed E-state index contributed by atoms with van der Waals surface area (Å²) in [6, 6.07) is 6.82. The number of benzene rings is 1. The van der Waals surface area contributed by atoms with Crippen LogP contribution in [0.5, 0.6) is 0 Å². The molecule has 0 N–H and O–H groups in total. The molecule has 0 aliphatic heterocycles. The van der Waals surface area contributed by atoms with Gasteiger partial charge in [0.1, 0.15) is 0 Å². The molecule has 0 aliphatic carbocycles. The molecule has 0 saturated heterocycles. The van der Waals surface area contributed by atoms with Crippen LogP contribution in [-0.4, -0.2) is 5.66 Å². The number of aryl methyl sites for hydroxylation is 2. The Balaban J connectivity index is 2.67. The van der Waals surface area contributed by atoms with Crippen molar-refractivity contribution in [3.63, 3.8) is 0 Å². The molecule has 1 aromatic rings. The average Bonchev–Trinajstić information content (AvgIpc) is 2.10. The highest BCUT2D eigenvalue weighted by atomic mass is 31.1. The molecule has 0 bridgehead atoms. The summed E-state index contributed by atoms with van der Waals surface area (Å²) >= 11 is 0. The molecule has 0 fully saturated rings. The first-order valence-electron chi connectivity index (χ1n) is 5.47. The van der Waals surface area contributed by atoms with Crippen LogP contribution in [0.2, 0.25) is 0 Å². The van der Waals surface area contributed by atoms with Crippen molar-refractivity contribution >= 4 is 13.9 Å². The molecule has 78 valence electrons. The van der Waals surface area contributed by atoms with E-state index in [1.165, 1.54) is 24.0 Å². The molecule has 0 aromatic heterocycles. The molecule has 0 saturated carbocycles. The predicted octanol–water partition coefficient (Wildman–Crippen LogP) is 3.80. The van der Waals surface area contributed by atoms with E-state index in [2.05, 4.69) is 45.9 Å². The van der Waals surface area contributed by atoms with Gasteiger partial charge in [0.25, 0.3) is 0 Å². The minimum atomic E-state index is 0.849. The first-order chi connectivity index (χ1) is 6.63. The topological polar surface area (TPSA) is 0 Å². The maximum atomic E-state index is 2.36. The molecule has 0 radical (unpaired) electrons. The molecule has 1 heteroatoms. The van der Waals surface area contributed by atoms with Crippen molar-refractivity contribution in [1.29, 1.82) is 0 Å². The van der Waals surface area contributed by atoms with E-state index in [1.807, 2.05) is 0 Å². The van der Waals surface area contributed by atoms with E-state index in [0.717, 1.165) is 14.2 Å². The highest BCUT2D eigenvalue weighted by Gasteiger charge is 2.04. The van der Waals surface area contributed by atoms with Crippen LogP contribution >= 0.6 is 8.58 Å². The summed E-state index contributed by atoms with van der Waals surface area (Å²) in [5, 5.41) is 1.55. The molecule has 0 spiro atoms. The molecule has 0 nitrogen and oxygen atoms in total. The van der Waals surface area contributed by atoms with Crippen molar-refractivity contribution in [3.8, 4) is 0 Å². The van der Waals surface area contributed by atoms with Gasteiger partial charge in [0, 0.05) is 0 Å². The van der Waals surface area contributed by atoms with Crippen LogP contribution in [0.4, 0.5) is 0 Å². The van der Waals surface area contributed by atoms with Gasteiger partial charge in [-0.1, -0.05) is 52.6 Å². The van der Waals surface area contributed by atoms with Gasteiger partial charge in [0.05, 0.1) is 0 Å².